The van der Waals surface area contributed by atoms with E-state index in [1.807, 2.05) is 19.9 Å². The summed E-state index contributed by atoms with van der Waals surface area (Å²) in [6.07, 6.45) is 5.31. The smallest absolute Gasteiger partial charge is 0.415 e. The second kappa shape index (κ2) is 6.55. The van der Waals surface area contributed by atoms with Crippen molar-refractivity contribution in [1.29, 1.82) is 0 Å². The molecular formula is C19H20FN3O2. The average Bonchev–Trinajstić information content (AvgIpc) is 3.02. The summed E-state index contributed by atoms with van der Waals surface area (Å²) in [7, 11) is 0. The molecule has 0 radical (unpaired) electrons. The molecule has 5 nitrogen and oxygen atoms in total. The molecule has 2 aromatic rings. The third-order valence-corrected chi connectivity index (χ3v) is 4.58. The Hall–Kier alpha value is -2.89. The molecule has 1 N–H and O–H groups in total. The highest BCUT2D eigenvalue weighted by atomic mass is 19.1. The Morgan fingerprint density at radius 2 is 2.20 bits per heavy atom. The summed E-state index contributed by atoms with van der Waals surface area (Å²) in [4.78, 5) is 14.4. The van der Waals surface area contributed by atoms with Gasteiger partial charge in [0.2, 0.25) is 0 Å². The van der Waals surface area contributed by atoms with Gasteiger partial charge in [0.1, 0.15) is 12.4 Å². The first-order valence-corrected chi connectivity index (χ1v) is 8.00. The number of rotatable bonds is 4. The molecular weight excluding hydrogens is 321 g/mol. The largest absolute Gasteiger partial charge is 0.445 e. The van der Waals surface area contributed by atoms with E-state index in [0.29, 0.717) is 12.1 Å². The topological polar surface area (TPSA) is 58.2 Å². The molecule has 1 heterocycles. The molecule has 1 aliphatic rings. The second-order valence-corrected chi connectivity index (χ2v) is 6.26. The molecule has 0 saturated carbocycles. The summed E-state index contributed by atoms with van der Waals surface area (Å²) in [5, 5.41) is 7.03. The van der Waals surface area contributed by atoms with Gasteiger partial charge < -0.3 is 4.74 Å². The first kappa shape index (κ1) is 17.0. The van der Waals surface area contributed by atoms with Crippen LogP contribution in [0.3, 0.4) is 0 Å². The molecule has 0 unspecified atom stereocenters. The monoisotopic (exact) mass is 341 g/mol. The third-order valence-electron chi connectivity index (χ3n) is 4.58. The molecule has 0 fully saturated rings. The SMILES string of the molecule is C=CCOC(=O)N(c1ccc(F)cc1)[C@@]1(C)Cc2cn[nH]c2C=C1C. The summed E-state index contributed by atoms with van der Waals surface area (Å²) >= 11 is 0. The van der Waals surface area contributed by atoms with E-state index in [0.717, 1.165) is 16.8 Å². The normalized spacial score (nSPS) is 18.9. The summed E-state index contributed by atoms with van der Waals surface area (Å²) in [5.74, 6) is -0.360. The van der Waals surface area contributed by atoms with E-state index in [9.17, 15) is 9.18 Å². The highest BCUT2D eigenvalue weighted by Crippen LogP contribution is 2.38. The van der Waals surface area contributed by atoms with Crippen molar-refractivity contribution in [1.82, 2.24) is 10.2 Å². The number of hydrogen-bond donors (Lipinski definition) is 1. The van der Waals surface area contributed by atoms with Crippen LogP contribution in [0.25, 0.3) is 6.08 Å². The fourth-order valence-electron chi connectivity index (χ4n) is 3.10. The number of fused-ring (bicyclic) bond motifs is 1. The molecule has 0 aliphatic heterocycles. The Morgan fingerprint density at radius 1 is 1.48 bits per heavy atom. The highest BCUT2D eigenvalue weighted by Gasteiger charge is 2.42. The van der Waals surface area contributed by atoms with Gasteiger partial charge in [0, 0.05) is 12.1 Å². The van der Waals surface area contributed by atoms with Crippen LogP contribution < -0.4 is 4.90 Å². The number of benzene rings is 1. The number of aromatic amines is 1. The number of carbonyl (C=O) groups excluding carboxylic acids is 1. The van der Waals surface area contributed by atoms with Crippen LogP contribution in [0.2, 0.25) is 0 Å². The Bertz CT molecular complexity index is 825. The van der Waals surface area contributed by atoms with Crippen molar-refractivity contribution in [2.24, 2.45) is 0 Å². The van der Waals surface area contributed by atoms with Gasteiger partial charge in [0.15, 0.2) is 0 Å². The molecule has 0 saturated heterocycles. The minimum Gasteiger partial charge on any atom is -0.445 e. The number of amides is 1. The summed E-state index contributed by atoms with van der Waals surface area (Å²) < 4.78 is 18.7. The van der Waals surface area contributed by atoms with E-state index in [-0.39, 0.29) is 12.4 Å². The molecule has 1 aliphatic carbocycles. The molecule has 3 rings (SSSR count). The van der Waals surface area contributed by atoms with Crippen molar-refractivity contribution in [2.45, 2.75) is 25.8 Å². The van der Waals surface area contributed by atoms with E-state index in [4.69, 9.17) is 4.74 Å². The molecule has 1 atom stereocenters. The number of H-pyrrole nitrogens is 1. The van der Waals surface area contributed by atoms with Gasteiger partial charge in [0.25, 0.3) is 0 Å². The van der Waals surface area contributed by atoms with E-state index >= 15 is 0 Å². The van der Waals surface area contributed by atoms with Crippen LogP contribution in [0.1, 0.15) is 25.1 Å². The Kier molecular flexibility index (Phi) is 4.44. The van der Waals surface area contributed by atoms with Crippen molar-refractivity contribution in [3.8, 4) is 0 Å². The van der Waals surface area contributed by atoms with Gasteiger partial charge in [-0.05, 0) is 55.3 Å². The minimum absolute atomic E-state index is 0.104. The molecule has 6 heteroatoms. The lowest BCUT2D eigenvalue weighted by Crippen LogP contribution is -2.53. The van der Waals surface area contributed by atoms with E-state index in [1.54, 1.807) is 23.2 Å². The van der Waals surface area contributed by atoms with Gasteiger partial charge in [-0.3, -0.25) is 10.00 Å². The second-order valence-electron chi connectivity index (χ2n) is 6.26. The number of nitrogens with zero attached hydrogens (tertiary/aromatic N) is 2. The van der Waals surface area contributed by atoms with Gasteiger partial charge in [-0.25, -0.2) is 9.18 Å². The maximum absolute atomic E-state index is 13.4. The van der Waals surface area contributed by atoms with Crippen LogP contribution in [0.4, 0.5) is 14.9 Å². The lowest BCUT2D eigenvalue weighted by atomic mass is 9.80. The first-order valence-electron chi connectivity index (χ1n) is 8.00. The predicted molar refractivity (Wildman–Crippen MR) is 94.8 cm³/mol. The molecule has 0 bridgehead atoms. The number of anilines is 1. The summed E-state index contributed by atoms with van der Waals surface area (Å²) in [5.41, 5.74) is 2.83. The van der Waals surface area contributed by atoms with Gasteiger partial charge in [-0.2, -0.15) is 5.10 Å². The van der Waals surface area contributed by atoms with Crippen molar-refractivity contribution in [3.05, 3.63) is 65.8 Å². The van der Waals surface area contributed by atoms with Crippen LogP contribution in [0, 0.1) is 5.82 Å². The number of aromatic nitrogens is 2. The zero-order valence-corrected chi connectivity index (χ0v) is 14.3. The molecule has 25 heavy (non-hydrogen) atoms. The number of halogens is 1. The third kappa shape index (κ3) is 3.07. The molecule has 0 spiro atoms. The zero-order chi connectivity index (χ0) is 18.0. The molecule has 1 aromatic heterocycles. The maximum Gasteiger partial charge on any atom is 0.415 e. The molecule has 1 aromatic carbocycles. The van der Waals surface area contributed by atoms with Crippen LogP contribution in [0.15, 0.2) is 48.7 Å². The van der Waals surface area contributed by atoms with Crippen molar-refractivity contribution >= 4 is 17.9 Å². The number of hydrogen-bond acceptors (Lipinski definition) is 3. The van der Waals surface area contributed by atoms with Crippen molar-refractivity contribution in [3.63, 3.8) is 0 Å². The van der Waals surface area contributed by atoms with E-state index in [2.05, 4.69) is 16.8 Å². The minimum atomic E-state index is -0.660. The number of ether oxygens (including phenoxy) is 1. The fraction of sp³-hybridized carbons (Fsp3) is 0.263. The van der Waals surface area contributed by atoms with Gasteiger partial charge in [0.05, 0.1) is 17.4 Å². The number of carbonyl (C=O) groups is 1. The van der Waals surface area contributed by atoms with Gasteiger partial charge in [-0.15, -0.1) is 0 Å². The fourth-order valence-corrected chi connectivity index (χ4v) is 3.10. The quantitative estimate of drug-likeness (QED) is 0.852. The Balaban J connectivity index is 2.05. The molecule has 130 valence electrons. The van der Waals surface area contributed by atoms with Crippen LogP contribution >= 0.6 is 0 Å². The summed E-state index contributed by atoms with van der Waals surface area (Å²) in [6, 6.07) is 5.82. The van der Waals surface area contributed by atoms with Crippen LogP contribution in [-0.4, -0.2) is 28.4 Å². The van der Waals surface area contributed by atoms with E-state index < -0.39 is 11.6 Å². The van der Waals surface area contributed by atoms with Crippen LogP contribution in [0.5, 0.6) is 0 Å². The number of nitrogens with one attached hydrogen (secondary N) is 1. The Labute approximate surface area is 145 Å². The first-order chi connectivity index (χ1) is 12.0. The zero-order valence-electron chi connectivity index (χ0n) is 14.3. The average molecular weight is 341 g/mol. The summed E-state index contributed by atoms with van der Waals surface area (Å²) in [6.45, 7) is 7.60. The molecule has 1 amide bonds. The highest BCUT2D eigenvalue weighted by molar-refractivity contribution is 5.91. The maximum atomic E-state index is 13.4. The standard InChI is InChI=1S/C19H20FN3O2/c1-4-9-25-18(24)23(16-7-5-15(20)6-8-16)19(3)11-14-12-21-22-17(14)10-13(19)2/h4-8,10,12H,1,9,11H2,2-3H3,(H,21,22)/t19-/m0/s1. The van der Waals surface area contributed by atoms with Crippen molar-refractivity contribution < 1.29 is 13.9 Å². The van der Waals surface area contributed by atoms with E-state index in [1.165, 1.54) is 18.2 Å². The van der Waals surface area contributed by atoms with Gasteiger partial charge >= 0.3 is 6.09 Å². The van der Waals surface area contributed by atoms with Crippen molar-refractivity contribution in [2.75, 3.05) is 11.5 Å². The predicted octanol–water partition coefficient (Wildman–Crippen LogP) is 4.10. The van der Waals surface area contributed by atoms with Crippen LogP contribution in [-0.2, 0) is 11.2 Å². The van der Waals surface area contributed by atoms with Gasteiger partial charge in [-0.1, -0.05) is 12.7 Å². The lowest BCUT2D eigenvalue weighted by Gasteiger charge is -2.43. The lowest BCUT2D eigenvalue weighted by molar-refractivity contribution is 0.160. The Morgan fingerprint density at radius 3 is 2.88 bits per heavy atom.